The molecular weight excluding hydrogens is 323 g/mol. The summed E-state index contributed by atoms with van der Waals surface area (Å²) < 4.78 is 27.1. The summed E-state index contributed by atoms with van der Waals surface area (Å²) in [6, 6.07) is 2.39. The van der Waals surface area contributed by atoms with Crippen molar-refractivity contribution in [1.29, 1.82) is 0 Å². The van der Waals surface area contributed by atoms with Crippen LogP contribution in [0, 0.1) is 6.92 Å². The minimum absolute atomic E-state index is 0.0249. The van der Waals surface area contributed by atoms with E-state index in [2.05, 4.69) is 4.72 Å². The number of nitrogens with one attached hydrogen (secondary N) is 1. The molecule has 1 N–H and O–H groups in total. The van der Waals surface area contributed by atoms with Gasteiger partial charge in [0.05, 0.1) is 5.02 Å². The highest BCUT2D eigenvalue weighted by Crippen LogP contribution is 2.28. The second kappa shape index (κ2) is 5.52. The predicted octanol–water partition coefficient (Wildman–Crippen LogP) is 1.81. The number of nitrogens with zero attached hydrogens (tertiary/aromatic N) is 1. The molecule has 8 heteroatoms. The van der Waals surface area contributed by atoms with Crippen LogP contribution in [0.5, 0.6) is 0 Å². The van der Waals surface area contributed by atoms with Gasteiger partial charge in [-0.1, -0.05) is 23.2 Å². The number of sulfonamides is 1. The molecule has 1 fully saturated rings. The molecule has 1 aromatic carbocycles. The van der Waals surface area contributed by atoms with Gasteiger partial charge < -0.3 is 4.90 Å². The van der Waals surface area contributed by atoms with Gasteiger partial charge in [-0.15, -0.1) is 0 Å². The van der Waals surface area contributed by atoms with E-state index >= 15 is 0 Å². The van der Waals surface area contributed by atoms with E-state index in [9.17, 15) is 13.2 Å². The molecule has 1 aromatic rings. The van der Waals surface area contributed by atoms with Crippen molar-refractivity contribution in [3.05, 3.63) is 27.7 Å². The molecule has 0 bridgehead atoms. The lowest BCUT2D eigenvalue weighted by molar-refractivity contribution is -0.126. The third kappa shape index (κ3) is 3.09. The minimum atomic E-state index is -3.78. The molecule has 2 rings (SSSR count). The van der Waals surface area contributed by atoms with Crippen molar-refractivity contribution in [2.24, 2.45) is 0 Å². The number of hydrogen-bond donors (Lipinski definition) is 1. The molecule has 1 heterocycles. The van der Waals surface area contributed by atoms with Gasteiger partial charge in [-0.3, -0.25) is 4.79 Å². The Bertz CT molecular complexity index is 661. The molecule has 0 radical (unpaired) electrons. The van der Waals surface area contributed by atoms with Gasteiger partial charge in [0.2, 0.25) is 15.9 Å². The smallest absolute Gasteiger partial charge is 0.242 e. The molecule has 1 unspecified atom stereocenters. The Hall–Kier alpha value is -0.820. The SMILES string of the molecule is Cc1cc(S(=O)(=O)NC2CC(=O)N(C)C2)c(Cl)cc1Cl. The zero-order valence-electron chi connectivity index (χ0n) is 11.0. The third-order valence-corrected chi connectivity index (χ3v) is 5.56. The molecule has 20 heavy (non-hydrogen) atoms. The summed E-state index contributed by atoms with van der Waals surface area (Å²) in [4.78, 5) is 12.9. The third-order valence-electron chi connectivity index (χ3n) is 3.17. The molecule has 0 spiro atoms. The van der Waals surface area contributed by atoms with Crippen LogP contribution in [0.3, 0.4) is 0 Å². The molecule has 1 atom stereocenters. The zero-order valence-corrected chi connectivity index (χ0v) is 13.3. The van der Waals surface area contributed by atoms with Crippen molar-refractivity contribution in [3.63, 3.8) is 0 Å². The fraction of sp³-hybridized carbons (Fsp3) is 0.417. The molecule has 1 aliphatic heterocycles. The van der Waals surface area contributed by atoms with E-state index < -0.39 is 16.1 Å². The molecule has 0 aromatic heterocycles. The lowest BCUT2D eigenvalue weighted by atomic mass is 10.2. The Balaban J connectivity index is 2.28. The van der Waals surface area contributed by atoms with Crippen LogP contribution in [0.2, 0.25) is 10.0 Å². The fourth-order valence-corrected chi connectivity index (χ4v) is 4.12. The highest BCUT2D eigenvalue weighted by Gasteiger charge is 2.31. The van der Waals surface area contributed by atoms with E-state index in [0.717, 1.165) is 0 Å². The average Bonchev–Trinajstić information content (AvgIpc) is 2.61. The summed E-state index contributed by atoms with van der Waals surface area (Å²) in [5, 5.41) is 0.468. The lowest BCUT2D eigenvalue weighted by Gasteiger charge is -2.14. The van der Waals surface area contributed by atoms with Crippen LogP contribution in [-0.4, -0.2) is 38.9 Å². The van der Waals surface area contributed by atoms with Crippen molar-refractivity contribution in [2.75, 3.05) is 13.6 Å². The lowest BCUT2D eigenvalue weighted by Crippen LogP contribution is -2.36. The maximum Gasteiger partial charge on any atom is 0.242 e. The first kappa shape index (κ1) is 15.6. The number of rotatable bonds is 3. The first-order valence-electron chi connectivity index (χ1n) is 5.92. The summed E-state index contributed by atoms with van der Waals surface area (Å²) in [7, 11) is -2.14. The molecule has 0 aliphatic carbocycles. The van der Waals surface area contributed by atoms with Gasteiger partial charge in [-0.2, -0.15) is 0 Å². The quantitative estimate of drug-likeness (QED) is 0.915. The van der Waals surface area contributed by atoms with E-state index in [4.69, 9.17) is 23.2 Å². The topological polar surface area (TPSA) is 66.5 Å². The number of likely N-dealkylation sites (N-methyl/N-ethyl adjacent to an activating group) is 1. The van der Waals surface area contributed by atoms with Crippen LogP contribution in [0.25, 0.3) is 0 Å². The Morgan fingerprint density at radius 3 is 2.50 bits per heavy atom. The van der Waals surface area contributed by atoms with Gasteiger partial charge in [0.15, 0.2) is 0 Å². The normalized spacial score (nSPS) is 19.7. The van der Waals surface area contributed by atoms with Crippen molar-refractivity contribution < 1.29 is 13.2 Å². The maximum atomic E-state index is 12.3. The zero-order chi connectivity index (χ0) is 15.1. The highest BCUT2D eigenvalue weighted by molar-refractivity contribution is 7.89. The molecule has 5 nitrogen and oxygen atoms in total. The predicted molar refractivity (Wildman–Crippen MR) is 77.6 cm³/mol. The summed E-state index contributed by atoms with van der Waals surface area (Å²) >= 11 is 11.8. The van der Waals surface area contributed by atoms with Gasteiger partial charge in [-0.25, -0.2) is 13.1 Å². The molecule has 1 saturated heterocycles. The average molecular weight is 337 g/mol. The monoisotopic (exact) mass is 336 g/mol. The maximum absolute atomic E-state index is 12.3. The Kier molecular flexibility index (Phi) is 4.30. The van der Waals surface area contributed by atoms with E-state index in [-0.39, 0.29) is 22.2 Å². The van der Waals surface area contributed by atoms with Gasteiger partial charge in [0.1, 0.15) is 4.90 Å². The summed E-state index contributed by atoms with van der Waals surface area (Å²) in [6.07, 6.45) is 0.153. The number of carbonyl (C=O) groups is 1. The van der Waals surface area contributed by atoms with Crippen molar-refractivity contribution in [3.8, 4) is 0 Å². The minimum Gasteiger partial charge on any atom is -0.344 e. The van der Waals surface area contributed by atoms with Crippen LogP contribution in [0.1, 0.15) is 12.0 Å². The van der Waals surface area contributed by atoms with Gasteiger partial charge in [0.25, 0.3) is 0 Å². The van der Waals surface area contributed by atoms with Crippen LogP contribution in [0.15, 0.2) is 17.0 Å². The van der Waals surface area contributed by atoms with E-state index in [1.165, 1.54) is 17.0 Å². The number of benzene rings is 1. The van der Waals surface area contributed by atoms with Crippen LogP contribution in [-0.2, 0) is 14.8 Å². The summed E-state index contributed by atoms with van der Waals surface area (Å²) in [5.74, 6) is -0.0870. The summed E-state index contributed by atoms with van der Waals surface area (Å²) in [6.45, 7) is 2.05. The number of carbonyl (C=O) groups excluding carboxylic acids is 1. The van der Waals surface area contributed by atoms with Crippen LogP contribution < -0.4 is 4.72 Å². The number of amides is 1. The van der Waals surface area contributed by atoms with E-state index in [1.54, 1.807) is 14.0 Å². The first-order chi connectivity index (χ1) is 9.20. The number of hydrogen-bond acceptors (Lipinski definition) is 3. The Morgan fingerprint density at radius 2 is 1.95 bits per heavy atom. The second-order valence-electron chi connectivity index (χ2n) is 4.83. The Labute approximate surface area is 127 Å². The van der Waals surface area contributed by atoms with Gasteiger partial charge >= 0.3 is 0 Å². The summed E-state index contributed by atoms with van der Waals surface area (Å²) in [5.41, 5.74) is 0.621. The van der Waals surface area contributed by atoms with E-state index in [1.807, 2.05) is 0 Å². The Morgan fingerprint density at radius 1 is 1.30 bits per heavy atom. The fourth-order valence-electron chi connectivity index (χ4n) is 2.06. The molecule has 1 amide bonds. The number of likely N-dealkylation sites (tertiary alicyclic amines) is 1. The number of halogens is 2. The molecule has 0 saturated carbocycles. The largest absolute Gasteiger partial charge is 0.344 e. The standard InChI is InChI=1S/C12H14Cl2N2O3S/c1-7-3-11(10(14)5-9(7)13)20(18,19)15-8-4-12(17)16(2)6-8/h3,5,8,15H,4,6H2,1-2H3. The van der Waals surface area contributed by atoms with Gasteiger partial charge in [-0.05, 0) is 24.6 Å². The van der Waals surface area contributed by atoms with Crippen molar-refractivity contribution in [1.82, 2.24) is 9.62 Å². The molecule has 1 aliphatic rings. The second-order valence-corrected chi connectivity index (χ2v) is 7.33. The van der Waals surface area contributed by atoms with Crippen LogP contribution in [0.4, 0.5) is 0 Å². The highest BCUT2D eigenvalue weighted by atomic mass is 35.5. The molecule has 110 valence electrons. The van der Waals surface area contributed by atoms with Gasteiger partial charge in [0, 0.05) is 31.1 Å². The van der Waals surface area contributed by atoms with Crippen molar-refractivity contribution in [2.45, 2.75) is 24.3 Å². The number of aryl methyl sites for hydroxylation is 1. The van der Waals surface area contributed by atoms with Crippen LogP contribution >= 0.6 is 23.2 Å². The first-order valence-corrected chi connectivity index (χ1v) is 8.16. The van der Waals surface area contributed by atoms with Crippen molar-refractivity contribution >= 4 is 39.1 Å². The van der Waals surface area contributed by atoms with E-state index in [0.29, 0.717) is 17.1 Å². The molecular formula is C12H14Cl2N2O3S.